The molecule has 0 bridgehead atoms. The van der Waals surface area contributed by atoms with Gasteiger partial charge < -0.3 is 4.74 Å². The number of fused-ring (bicyclic) bond motifs is 1. The maximum atomic E-state index is 5.24. The summed E-state index contributed by atoms with van der Waals surface area (Å²) in [7, 11) is 1.65. The summed E-state index contributed by atoms with van der Waals surface area (Å²) in [5, 5.41) is 1.11. The number of nitrogens with zero attached hydrogens (tertiary/aromatic N) is 1. The monoisotopic (exact) mass is 310 g/mol. The van der Waals surface area contributed by atoms with Crippen molar-refractivity contribution in [1.82, 2.24) is 10.5 Å². The van der Waals surface area contributed by atoms with Gasteiger partial charge in [0.05, 0.1) is 18.7 Å². The molecule has 1 aromatic carbocycles. The van der Waals surface area contributed by atoms with Crippen molar-refractivity contribution in [3.8, 4) is 0 Å². The Kier molecular flexibility index (Phi) is 5.07. The summed E-state index contributed by atoms with van der Waals surface area (Å²) in [6, 6.07) is 8.03. The van der Waals surface area contributed by atoms with E-state index < -0.39 is 0 Å². The Morgan fingerprint density at radius 2 is 2.17 bits per heavy atom. The molecule has 0 saturated carbocycles. The van der Waals surface area contributed by atoms with Crippen LogP contribution in [0, 0.1) is 0 Å². The topological polar surface area (TPSA) is 43.4 Å². The Morgan fingerprint density at radius 1 is 1.28 bits per heavy atom. The molecule has 0 amide bonds. The quantitative estimate of drug-likeness (QED) is 0.658. The number of hydrogen-bond acceptors (Lipinski definition) is 4. The average molecular weight is 311 g/mol. The van der Waals surface area contributed by atoms with Crippen molar-refractivity contribution in [3.05, 3.63) is 40.5 Å². The van der Waals surface area contributed by atoms with Crippen LogP contribution in [-0.4, -0.2) is 25.3 Å². The standard InChI is InChI=1S/C13H15BrN2O2/c1-17-7-8-18-16-9-10-4-5-12(14)11-3-2-6-15-13(10)11/h2-6,16H,7-9H2,1H3. The Morgan fingerprint density at radius 3 is 3.00 bits per heavy atom. The number of hydrogen-bond donors (Lipinski definition) is 1. The second-order valence-corrected chi connectivity index (χ2v) is 4.62. The second-order valence-electron chi connectivity index (χ2n) is 3.77. The molecule has 0 unspecified atom stereocenters. The van der Waals surface area contributed by atoms with Crippen LogP contribution in [0.3, 0.4) is 0 Å². The molecule has 0 fully saturated rings. The number of hydroxylamine groups is 1. The summed E-state index contributed by atoms with van der Waals surface area (Å²) in [6.07, 6.45) is 1.80. The molecule has 1 heterocycles. The molecule has 1 aromatic heterocycles. The molecule has 0 atom stereocenters. The van der Waals surface area contributed by atoms with Crippen LogP contribution in [0.15, 0.2) is 34.9 Å². The largest absolute Gasteiger partial charge is 0.382 e. The number of halogens is 1. The van der Waals surface area contributed by atoms with E-state index in [4.69, 9.17) is 9.57 Å². The van der Waals surface area contributed by atoms with Crippen molar-refractivity contribution in [2.75, 3.05) is 20.3 Å². The molecule has 4 nitrogen and oxygen atoms in total. The predicted octanol–water partition coefficient (Wildman–Crippen LogP) is 2.66. The van der Waals surface area contributed by atoms with Crippen molar-refractivity contribution in [2.45, 2.75) is 6.54 Å². The highest BCUT2D eigenvalue weighted by molar-refractivity contribution is 9.10. The lowest BCUT2D eigenvalue weighted by molar-refractivity contribution is 0.00361. The normalized spacial score (nSPS) is 11.0. The van der Waals surface area contributed by atoms with E-state index in [1.165, 1.54) is 0 Å². The van der Waals surface area contributed by atoms with E-state index in [-0.39, 0.29) is 0 Å². The molecular weight excluding hydrogens is 296 g/mol. The summed E-state index contributed by atoms with van der Waals surface area (Å²) < 4.78 is 5.95. The van der Waals surface area contributed by atoms with E-state index in [0.717, 1.165) is 20.9 Å². The third-order valence-electron chi connectivity index (χ3n) is 2.55. The van der Waals surface area contributed by atoms with E-state index in [9.17, 15) is 0 Å². The highest BCUT2D eigenvalue weighted by Gasteiger charge is 2.04. The van der Waals surface area contributed by atoms with Crippen molar-refractivity contribution < 1.29 is 9.57 Å². The summed E-state index contributed by atoms with van der Waals surface area (Å²) in [5.41, 5.74) is 5.00. The molecule has 0 spiro atoms. The van der Waals surface area contributed by atoms with Gasteiger partial charge in [-0.25, -0.2) is 0 Å². The molecule has 0 aliphatic rings. The van der Waals surface area contributed by atoms with Gasteiger partial charge in [0.15, 0.2) is 0 Å². The Balaban J connectivity index is 2.07. The van der Waals surface area contributed by atoms with E-state index in [1.807, 2.05) is 24.3 Å². The summed E-state index contributed by atoms with van der Waals surface area (Å²) in [5.74, 6) is 0. The van der Waals surface area contributed by atoms with Crippen LogP contribution < -0.4 is 5.48 Å². The van der Waals surface area contributed by atoms with Gasteiger partial charge in [0.2, 0.25) is 0 Å². The summed E-state index contributed by atoms with van der Waals surface area (Å²) in [6.45, 7) is 1.72. The van der Waals surface area contributed by atoms with E-state index >= 15 is 0 Å². The van der Waals surface area contributed by atoms with Gasteiger partial charge >= 0.3 is 0 Å². The minimum atomic E-state index is 0.526. The molecule has 0 radical (unpaired) electrons. The maximum Gasteiger partial charge on any atom is 0.0916 e. The predicted molar refractivity (Wildman–Crippen MR) is 74.1 cm³/mol. The number of benzene rings is 1. The van der Waals surface area contributed by atoms with Crippen LogP contribution >= 0.6 is 15.9 Å². The number of rotatable bonds is 6. The molecular formula is C13H15BrN2O2. The van der Waals surface area contributed by atoms with E-state index in [1.54, 1.807) is 13.3 Å². The third-order valence-corrected chi connectivity index (χ3v) is 3.25. The molecule has 2 rings (SSSR count). The van der Waals surface area contributed by atoms with Crippen LogP contribution in [0.1, 0.15) is 5.56 Å². The number of aromatic nitrogens is 1. The van der Waals surface area contributed by atoms with Gasteiger partial charge in [-0.3, -0.25) is 9.82 Å². The second kappa shape index (κ2) is 6.80. The minimum absolute atomic E-state index is 0.526. The van der Waals surface area contributed by atoms with Gasteiger partial charge in [-0.2, -0.15) is 5.48 Å². The zero-order valence-electron chi connectivity index (χ0n) is 10.1. The van der Waals surface area contributed by atoms with E-state index in [2.05, 4.69) is 26.4 Å². The lowest BCUT2D eigenvalue weighted by Gasteiger charge is -2.08. The van der Waals surface area contributed by atoms with Crippen molar-refractivity contribution in [3.63, 3.8) is 0 Å². The number of pyridine rings is 1. The van der Waals surface area contributed by atoms with Crippen LogP contribution in [-0.2, 0) is 16.1 Å². The summed E-state index contributed by atoms with van der Waals surface area (Å²) in [4.78, 5) is 9.65. The third kappa shape index (κ3) is 3.26. The van der Waals surface area contributed by atoms with Crippen LogP contribution in [0.2, 0.25) is 0 Å². The van der Waals surface area contributed by atoms with Gasteiger partial charge in [-0.1, -0.05) is 28.1 Å². The molecule has 5 heteroatoms. The first-order valence-corrected chi connectivity index (χ1v) is 6.48. The van der Waals surface area contributed by atoms with Crippen LogP contribution in [0.4, 0.5) is 0 Å². The molecule has 0 aliphatic heterocycles. The van der Waals surface area contributed by atoms with E-state index in [0.29, 0.717) is 19.8 Å². The Hall–Kier alpha value is -1.01. The molecule has 18 heavy (non-hydrogen) atoms. The first-order chi connectivity index (χ1) is 8.83. The zero-order chi connectivity index (χ0) is 12.8. The average Bonchev–Trinajstić information content (AvgIpc) is 2.41. The van der Waals surface area contributed by atoms with Gasteiger partial charge in [0, 0.05) is 29.7 Å². The fourth-order valence-electron chi connectivity index (χ4n) is 1.66. The first kappa shape index (κ1) is 13.4. The van der Waals surface area contributed by atoms with Gasteiger partial charge in [-0.05, 0) is 17.7 Å². The molecule has 96 valence electrons. The summed E-state index contributed by atoms with van der Waals surface area (Å²) >= 11 is 3.53. The smallest absolute Gasteiger partial charge is 0.0916 e. The Labute approximate surface area is 114 Å². The first-order valence-electron chi connectivity index (χ1n) is 5.68. The lowest BCUT2D eigenvalue weighted by atomic mass is 10.1. The minimum Gasteiger partial charge on any atom is -0.382 e. The Bertz CT molecular complexity index is 519. The molecule has 1 N–H and O–H groups in total. The molecule has 2 aromatic rings. The van der Waals surface area contributed by atoms with Gasteiger partial charge in [0.25, 0.3) is 0 Å². The molecule has 0 aliphatic carbocycles. The zero-order valence-corrected chi connectivity index (χ0v) is 11.7. The van der Waals surface area contributed by atoms with Crippen molar-refractivity contribution in [2.24, 2.45) is 0 Å². The van der Waals surface area contributed by atoms with Gasteiger partial charge in [0.1, 0.15) is 0 Å². The van der Waals surface area contributed by atoms with Gasteiger partial charge in [-0.15, -0.1) is 0 Å². The van der Waals surface area contributed by atoms with Crippen molar-refractivity contribution in [1.29, 1.82) is 0 Å². The van der Waals surface area contributed by atoms with Crippen molar-refractivity contribution >= 4 is 26.8 Å². The van der Waals surface area contributed by atoms with Crippen LogP contribution in [0.5, 0.6) is 0 Å². The highest BCUT2D eigenvalue weighted by Crippen LogP contribution is 2.24. The lowest BCUT2D eigenvalue weighted by Crippen LogP contribution is -2.17. The SMILES string of the molecule is COCCONCc1ccc(Br)c2cccnc12. The number of nitrogens with one attached hydrogen (secondary N) is 1. The fourth-order valence-corrected chi connectivity index (χ4v) is 2.12. The highest BCUT2D eigenvalue weighted by atomic mass is 79.9. The maximum absolute atomic E-state index is 5.24. The fraction of sp³-hybridized carbons (Fsp3) is 0.308. The number of methoxy groups -OCH3 is 1. The molecule has 0 saturated heterocycles. The number of ether oxygens (including phenoxy) is 1. The van der Waals surface area contributed by atoms with Crippen LogP contribution in [0.25, 0.3) is 10.9 Å².